The lowest BCUT2D eigenvalue weighted by Crippen LogP contribution is -2.15. The lowest BCUT2D eigenvalue weighted by molar-refractivity contribution is 0.102. The van der Waals surface area contributed by atoms with Crippen LogP contribution in [-0.4, -0.2) is 31.6 Å². The Morgan fingerprint density at radius 1 is 0.929 bits per heavy atom. The van der Waals surface area contributed by atoms with Crippen LogP contribution < -0.4 is 5.32 Å². The number of nitrogens with zero attached hydrogens (tertiary/aromatic N) is 4. The first kappa shape index (κ1) is 17.7. The van der Waals surface area contributed by atoms with Crippen molar-refractivity contribution in [3.05, 3.63) is 89.2 Å². The number of rotatable bonds is 4. The highest BCUT2D eigenvalue weighted by molar-refractivity contribution is 6.30. The van der Waals surface area contributed by atoms with Gasteiger partial charge in [-0.15, -0.1) is 0 Å². The highest BCUT2D eigenvalue weighted by Crippen LogP contribution is 2.22. The Kier molecular flexibility index (Phi) is 4.74. The Labute approximate surface area is 164 Å². The van der Waals surface area contributed by atoms with E-state index >= 15 is 0 Å². The van der Waals surface area contributed by atoms with Crippen LogP contribution in [0.5, 0.6) is 0 Å². The average Bonchev–Trinajstić information content (AvgIpc) is 2.74. The van der Waals surface area contributed by atoms with Crippen LogP contribution in [0.3, 0.4) is 0 Å². The average molecular weight is 390 g/mol. The van der Waals surface area contributed by atoms with Crippen molar-refractivity contribution in [1.82, 2.24) is 19.9 Å². The van der Waals surface area contributed by atoms with Crippen LogP contribution in [0.25, 0.3) is 10.9 Å². The number of benzene rings is 1. The van der Waals surface area contributed by atoms with E-state index in [-0.39, 0.29) is 11.3 Å². The van der Waals surface area contributed by atoms with Crippen LogP contribution >= 0.6 is 11.6 Å². The number of carbonyl (C=O) groups is 2. The molecular formula is C20H12ClN5O2. The van der Waals surface area contributed by atoms with Crippen molar-refractivity contribution < 1.29 is 9.59 Å². The zero-order valence-electron chi connectivity index (χ0n) is 14.3. The molecule has 0 aliphatic rings. The van der Waals surface area contributed by atoms with Gasteiger partial charge >= 0.3 is 0 Å². The molecule has 0 aliphatic heterocycles. The van der Waals surface area contributed by atoms with Gasteiger partial charge in [0.2, 0.25) is 0 Å². The molecule has 1 amide bonds. The van der Waals surface area contributed by atoms with Gasteiger partial charge in [-0.3, -0.25) is 14.6 Å². The van der Waals surface area contributed by atoms with E-state index in [1.165, 1.54) is 31.0 Å². The van der Waals surface area contributed by atoms with Crippen LogP contribution in [0.1, 0.15) is 26.3 Å². The summed E-state index contributed by atoms with van der Waals surface area (Å²) < 4.78 is 0. The third kappa shape index (κ3) is 3.56. The number of pyridine rings is 2. The second kappa shape index (κ2) is 7.50. The molecule has 4 rings (SSSR count). The molecule has 4 aromatic rings. The van der Waals surface area contributed by atoms with Crippen LogP contribution in [-0.2, 0) is 0 Å². The minimum atomic E-state index is -0.433. The second-order valence-electron chi connectivity index (χ2n) is 5.87. The molecule has 3 aromatic heterocycles. The van der Waals surface area contributed by atoms with Gasteiger partial charge in [0.1, 0.15) is 12.1 Å². The third-order valence-electron chi connectivity index (χ3n) is 4.00. The standard InChI is InChI=1S/C20H12ClN5O2/c21-15-3-4-17(25-10-15)26-20(28)16-7-13(6-12-2-1-5-24-18(12)16)19(27)14-8-22-11-23-9-14/h1-11H,(H,25,26,28). The minimum Gasteiger partial charge on any atom is -0.306 e. The molecule has 0 radical (unpaired) electrons. The van der Waals surface area contributed by atoms with Crippen molar-refractivity contribution in [2.45, 2.75) is 0 Å². The van der Waals surface area contributed by atoms with Crippen molar-refractivity contribution in [3.8, 4) is 0 Å². The number of anilines is 1. The molecule has 1 aromatic carbocycles. The van der Waals surface area contributed by atoms with E-state index in [1.54, 1.807) is 36.5 Å². The summed E-state index contributed by atoms with van der Waals surface area (Å²) in [4.78, 5) is 41.8. The predicted molar refractivity (Wildman–Crippen MR) is 104 cm³/mol. The Hall–Kier alpha value is -3.71. The van der Waals surface area contributed by atoms with Crippen LogP contribution in [0.4, 0.5) is 5.82 Å². The molecule has 0 atom stereocenters. The number of halogens is 1. The van der Waals surface area contributed by atoms with E-state index in [9.17, 15) is 9.59 Å². The van der Waals surface area contributed by atoms with Crippen LogP contribution in [0.2, 0.25) is 5.02 Å². The van der Waals surface area contributed by atoms with Crippen molar-refractivity contribution >= 4 is 40.0 Å². The molecule has 28 heavy (non-hydrogen) atoms. The van der Waals surface area contributed by atoms with Gasteiger partial charge in [-0.1, -0.05) is 17.7 Å². The first-order valence-electron chi connectivity index (χ1n) is 8.23. The molecule has 0 aliphatic carbocycles. The van der Waals surface area contributed by atoms with Crippen LogP contribution in [0.15, 0.2) is 67.5 Å². The first-order valence-corrected chi connectivity index (χ1v) is 8.61. The number of fused-ring (bicyclic) bond motifs is 1. The van der Waals surface area contributed by atoms with Gasteiger partial charge in [0.05, 0.1) is 21.7 Å². The molecule has 0 saturated heterocycles. The molecule has 136 valence electrons. The zero-order valence-corrected chi connectivity index (χ0v) is 15.1. The van der Waals surface area contributed by atoms with E-state index in [4.69, 9.17) is 11.6 Å². The Bertz CT molecular complexity index is 1180. The van der Waals surface area contributed by atoms with E-state index in [2.05, 4.69) is 25.3 Å². The highest BCUT2D eigenvalue weighted by atomic mass is 35.5. The maximum Gasteiger partial charge on any atom is 0.259 e. The summed E-state index contributed by atoms with van der Waals surface area (Å²) in [5.74, 6) is -0.380. The monoisotopic (exact) mass is 389 g/mol. The van der Waals surface area contributed by atoms with Gasteiger partial charge in [-0.2, -0.15) is 0 Å². The summed E-state index contributed by atoms with van der Waals surface area (Å²) in [6, 6.07) is 9.94. The van der Waals surface area contributed by atoms with E-state index in [0.717, 1.165) is 0 Å². The molecule has 7 nitrogen and oxygen atoms in total. The first-order chi connectivity index (χ1) is 13.6. The molecule has 0 saturated carbocycles. The maximum atomic E-state index is 12.9. The molecule has 3 heterocycles. The smallest absolute Gasteiger partial charge is 0.259 e. The SMILES string of the molecule is O=C(c1cncnc1)c1cc(C(=O)Nc2ccc(Cl)cn2)c2ncccc2c1. The molecule has 0 fully saturated rings. The number of hydrogen-bond acceptors (Lipinski definition) is 6. The van der Waals surface area contributed by atoms with Crippen LogP contribution in [0, 0.1) is 0 Å². The van der Waals surface area contributed by atoms with Gasteiger partial charge in [0, 0.05) is 35.7 Å². The normalized spacial score (nSPS) is 10.6. The fourth-order valence-electron chi connectivity index (χ4n) is 2.71. The van der Waals surface area contributed by atoms with Crippen molar-refractivity contribution in [1.29, 1.82) is 0 Å². The highest BCUT2D eigenvalue weighted by Gasteiger charge is 2.18. The summed E-state index contributed by atoms with van der Waals surface area (Å²) in [7, 11) is 0. The fraction of sp³-hybridized carbons (Fsp3) is 0. The quantitative estimate of drug-likeness (QED) is 0.536. The molecule has 0 bridgehead atoms. The largest absolute Gasteiger partial charge is 0.306 e. The van der Waals surface area contributed by atoms with Crippen molar-refractivity contribution in [3.63, 3.8) is 0 Å². The van der Waals surface area contributed by atoms with Crippen molar-refractivity contribution in [2.75, 3.05) is 5.32 Å². The lowest BCUT2D eigenvalue weighted by Gasteiger charge is -2.10. The van der Waals surface area contributed by atoms with Gasteiger partial charge in [0.15, 0.2) is 5.78 Å². The molecule has 0 unspecified atom stereocenters. The number of amides is 1. The number of nitrogens with one attached hydrogen (secondary N) is 1. The minimum absolute atomic E-state index is 0.259. The Balaban J connectivity index is 1.77. The number of hydrogen-bond donors (Lipinski definition) is 1. The third-order valence-corrected chi connectivity index (χ3v) is 4.23. The van der Waals surface area contributed by atoms with Crippen molar-refractivity contribution in [2.24, 2.45) is 0 Å². The Morgan fingerprint density at radius 3 is 2.50 bits per heavy atom. The van der Waals surface area contributed by atoms with Gasteiger partial charge in [0.25, 0.3) is 5.91 Å². The van der Waals surface area contributed by atoms with Gasteiger partial charge in [-0.25, -0.2) is 15.0 Å². The summed E-state index contributed by atoms with van der Waals surface area (Å²) in [5, 5.41) is 3.83. The molecular weight excluding hydrogens is 378 g/mol. The summed E-state index contributed by atoms with van der Waals surface area (Å²) in [6.45, 7) is 0. The van der Waals surface area contributed by atoms with E-state index in [0.29, 0.717) is 32.9 Å². The van der Waals surface area contributed by atoms with E-state index < -0.39 is 5.91 Å². The summed E-state index contributed by atoms with van der Waals surface area (Å²) >= 11 is 5.82. The topological polar surface area (TPSA) is 97.7 Å². The Morgan fingerprint density at radius 2 is 1.75 bits per heavy atom. The predicted octanol–water partition coefficient (Wildman–Crippen LogP) is 3.56. The number of carbonyl (C=O) groups excluding carboxylic acids is 2. The van der Waals surface area contributed by atoms with Gasteiger partial charge in [-0.05, 0) is 30.3 Å². The summed E-state index contributed by atoms with van der Waals surface area (Å²) in [6.07, 6.45) is 7.23. The number of aromatic nitrogens is 4. The summed E-state index contributed by atoms with van der Waals surface area (Å²) in [5.41, 5.74) is 1.41. The zero-order chi connectivity index (χ0) is 19.5. The molecule has 0 spiro atoms. The lowest BCUT2D eigenvalue weighted by atomic mass is 9.99. The maximum absolute atomic E-state index is 12.9. The second-order valence-corrected chi connectivity index (χ2v) is 6.31. The fourth-order valence-corrected chi connectivity index (χ4v) is 2.82. The molecule has 1 N–H and O–H groups in total. The van der Waals surface area contributed by atoms with Gasteiger partial charge < -0.3 is 5.32 Å². The van der Waals surface area contributed by atoms with E-state index in [1.807, 2.05) is 0 Å². The molecule has 8 heteroatoms. The number of ketones is 1.